The molecular weight excluding hydrogens is 341 g/mol. The molecule has 0 amide bonds. The Balaban J connectivity index is 2.26. The van der Waals surface area contributed by atoms with E-state index in [0.29, 0.717) is 18.6 Å². The highest BCUT2D eigenvalue weighted by molar-refractivity contribution is 7.91. The van der Waals surface area contributed by atoms with Crippen LogP contribution in [0, 0.1) is 0 Å². The lowest BCUT2D eigenvalue weighted by Crippen LogP contribution is -2.39. The molecule has 7 heteroatoms. The van der Waals surface area contributed by atoms with E-state index in [2.05, 4.69) is 0 Å². The summed E-state index contributed by atoms with van der Waals surface area (Å²) >= 11 is 0. The minimum absolute atomic E-state index is 0.0356. The average molecular weight is 356 g/mol. The summed E-state index contributed by atoms with van der Waals surface area (Å²) in [7, 11) is -3.68. The van der Waals surface area contributed by atoms with Crippen LogP contribution in [0.3, 0.4) is 0 Å². The van der Waals surface area contributed by atoms with Crippen LogP contribution in [0.15, 0.2) is 70.5 Å². The first-order chi connectivity index (χ1) is 11.0. The zero-order valence-corrected chi connectivity index (χ0v) is 13.5. The highest BCUT2D eigenvalue weighted by Gasteiger charge is 2.47. The van der Waals surface area contributed by atoms with E-state index in [-0.39, 0.29) is 9.79 Å². The van der Waals surface area contributed by atoms with Gasteiger partial charge in [-0.25, -0.2) is 8.42 Å². The second-order valence-electron chi connectivity index (χ2n) is 5.36. The lowest BCUT2D eigenvalue weighted by atomic mass is 10.0. The number of hydrogen-bond acceptors (Lipinski definition) is 3. The zero-order valence-electron chi connectivity index (χ0n) is 12.7. The summed E-state index contributed by atoms with van der Waals surface area (Å²) < 4.78 is 62.5. The molecule has 0 aliphatic heterocycles. The first kappa shape index (κ1) is 18.2. The van der Waals surface area contributed by atoms with Crippen molar-refractivity contribution in [3.8, 4) is 0 Å². The Labute approximate surface area is 138 Å². The Morgan fingerprint density at radius 2 is 1.42 bits per heavy atom. The zero-order chi connectivity index (χ0) is 18.0. The van der Waals surface area contributed by atoms with E-state index in [1.807, 2.05) is 0 Å². The molecule has 0 unspecified atom stereocenters. The summed E-state index contributed by atoms with van der Waals surface area (Å²) in [4.78, 5) is 0.168. The fraction of sp³-hybridized carbons (Fsp3) is 0.176. The molecule has 128 valence electrons. The molecule has 0 radical (unpaired) electrons. The standard InChI is InChI=1S/C17H15F3O3S/c1-16(21,17(18,19)20)12-11-13-7-9-15(10-8-13)24(22,23)14-5-3-2-4-6-14/h2-12,21H,1H3/t16-/m0/s1. The van der Waals surface area contributed by atoms with Gasteiger partial charge in [-0.05, 0) is 42.8 Å². The van der Waals surface area contributed by atoms with Crippen molar-refractivity contribution in [2.24, 2.45) is 0 Å². The molecule has 24 heavy (non-hydrogen) atoms. The maximum absolute atomic E-state index is 12.6. The van der Waals surface area contributed by atoms with Crippen LogP contribution < -0.4 is 0 Å². The van der Waals surface area contributed by atoms with Crippen LogP contribution in [0.1, 0.15) is 12.5 Å². The van der Waals surface area contributed by atoms with E-state index < -0.39 is 21.6 Å². The van der Waals surface area contributed by atoms with Crippen molar-refractivity contribution in [2.75, 3.05) is 0 Å². The van der Waals surface area contributed by atoms with Crippen LogP contribution in [0.5, 0.6) is 0 Å². The lowest BCUT2D eigenvalue weighted by molar-refractivity contribution is -0.232. The number of hydrogen-bond donors (Lipinski definition) is 1. The summed E-state index contributed by atoms with van der Waals surface area (Å²) in [5, 5.41) is 9.34. The molecule has 2 aromatic rings. The lowest BCUT2D eigenvalue weighted by Gasteiger charge is -2.22. The quantitative estimate of drug-likeness (QED) is 0.905. The molecule has 2 rings (SSSR count). The molecule has 0 aliphatic carbocycles. The molecule has 0 heterocycles. The normalized spacial score (nSPS) is 15.4. The minimum atomic E-state index is -4.79. The Hall–Kier alpha value is -2.12. The Morgan fingerprint density at radius 3 is 1.92 bits per heavy atom. The van der Waals surface area contributed by atoms with Gasteiger partial charge in [0.25, 0.3) is 0 Å². The van der Waals surface area contributed by atoms with Crippen molar-refractivity contribution in [2.45, 2.75) is 28.5 Å². The predicted octanol–water partition coefficient (Wildman–Crippen LogP) is 3.85. The van der Waals surface area contributed by atoms with Crippen molar-refractivity contribution in [1.29, 1.82) is 0 Å². The minimum Gasteiger partial charge on any atom is -0.377 e. The van der Waals surface area contributed by atoms with Crippen molar-refractivity contribution < 1.29 is 26.7 Å². The highest BCUT2D eigenvalue weighted by atomic mass is 32.2. The largest absolute Gasteiger partial charge is 0.420 e. The molecule has 1 N–H and O–H groups in total. The van der Waals surface area contributed by atoms with E-state index in [4.69, 9.17) is 0 Å². The van der Waals surface area contributed by atoms with E-state index in [1.54, 1.807) is 18.2 Å². The van der Waals surface area contributed by atoms with Gasteiger partial charge in [-0.15, -0.1) is 0 Å². The van der Waals surface area contributed by atoms with Crippen LogP contribution in [-0.4, -0.2) is 25.3 Å². The van der Waals surface area contributed by atoms with Gasteiger partial charge in [0.05, 0.1) is 9.79 Å². The number of rotatable bonds is 4. The van der Waals surface area contributed by atoms with Gasteiger partial charge in [0.15, 0.2) is 5.60 Å². The second kappa shape index (κ2) is 6.41. The summed E-state index contributed by atoms with van der Waals surface area (Å²) in [6, 6.07) is 13.2. The molecule has 0 aliphatic rings. The third-order valence-corrected chi connectivity index (χ3v) is 5.20. The number of sulfone groups is 1. The maximum Gasteiger partial charge on any atom is 0.420 e. The third kappa shape index (κ3) is 3.85. The SMILES string of the molecule is C[C@](O)(C=Cc1ccc(S(=O)(=O)c2ccccc2)cc1)C(F)(F)F. The predicted molar refractivity (Wildman–Crippen MR) is 84.0 cm³/mol. The summed E-state index contributed by atoms with van der Waals surface area (Å²) in [5.74, 6) is 0. The molecule has 0 saturated carbocycles. The molecule has 0 fully saturated rings. The molecular formula is C17H15F3O3S. The van der Waals surface area contributed by atoms with Crippen molar-refractivity contribution in [3.05, 3.63) is 66.2 Å². The van der Waals surface area contributed by atoms with Crippen LogP contribution in [-0.2, 0) is 9.84 Å². The number of aliphatic hydroxyl groups is 1. The second-order valence-corrected chi connectivity index (χ2v) is 7.31. The molecule has 2 aromatic carbocycles. The smallest absolute Gasteiger partial charge is 0.377 e. The van der Waals surface area contributed by atoms with Gasteiger partial charge in [0.1, 0.15) is 0 Å². The molecule has 0 spiro atoms. The van der Waals surface area contributed by atoms with Crippen LogP contribution in [0.2, 0.25) is 0 Å². The number of benzene rings is 2. The molecule has 0 bridgehead atoms. The highest BCUT2D eigenvalue weighted by Crippen LogP contribution is 2.31. The molecule has 0 aromatic heterocycles. The first-order valence-electron chi connectivity index (χ1n) is 6.92. The topological polar surface area (TPSA) is 54.4 Å². The van der Waals surface area contributed by atoms with Crippen LogP contribution in [0.4, 0.5) is 13.2 Å². The van der Waals surface area contributed by atoms with Gasteiger partial charge >= 0.3 is 6.18 Å². The van der Waals surface area contributed by atoms with Gasteiger partial charge in [0, 0.05) is 0 Å². The summed E-state index contributed by atoms with van der Waals surface area (Å²) in [6.07, 6.45) is -3.08. The van der Waals surface area contributed by atoms with Gasteiger partial charge in [-0.1, -0.05) is 36.4 Å². The summed E-state index contributed by atoms with van der Waals surface area (Å²) in [6.45, 7) is 0.637. The van der Waals surface area contributed by atoms with Crippen LogP contribution >= 0.6 is 0 Å². The van der Waals surface area contributed by atoms with Crippen molar-refractivity contribution in [3.63, 3.8) is 0 Å². The fourth-order valence-electron chi connectivity index (χ4n) is 1.85. The third-order valence-electron chi connectivity index (χ3n) is 3.42. The van der Waals surface area contributed by atoms with E-state index in [9.17, 15) is 26.7 Å². The number of halogens is 3. The fourth-order valence-corrected chi connectivity index (χ4v) is 3.13. The van der Waals surface area contributed by atoms with E-state index in [0.717, 1.165) is 6.08 Å². The maximum atomic E-state index is 12.6. The van der Waals surface area contributed by atoms with Gasteiger partial charge < -0.3 is 5.11 Å². The summed E-state index contributed by atoms with van der Waals surface area (Å²) in [5.41, 5.74) is -2.62. The Morgan fingerprint density at radius 1 is 0.917 bits per heavy atom. The molecule has 0 saturated heterocycles. The van der Waals surface area contributed by atoms with E-state index in [1.165, 1.54) is 36.4 Å². The monoisotopic (exact) mass is 356 g/mol. The van der Waals surface area contributed by atoms with Gasteiger partial charge in [0.2, 0.25) is 9.84 Å². The molecule has 1 atom stereocenters. The van der Waals surface area contributed by atoms with Gasteiger partial charge in [-0.3, -0.25) is 0 Å². The van der Waals surface area contributed by atoms with E-state index >= 15 is 0 Å². The number of alkyl halides is 3. The van der Waals surface area contributed by atoms with Crippen molar-refractivity contribution >= 4 is 15.9 Å². The van der Waals surface area contributed by atoms with Crippen LogP contribution in [0.25, 0.3) is 6.08 Å². The Kier molecular flexibility index (Phi) is 4.87. The Bertz CT molecular complexity index is 822. The van der Waals surface area contributed by atoms with Gasteiger partial charge in [-0.2, -0.15) is 13.2 Å². The average Bonchev–Trinajstić information content (AvgIpc) is 2.53. The van der Waals surface area contributed by atoms with Crippen molar-refractivity contribution in [1.82, 2.24) is 0 Å². The first-order valence-corrected chi connectivity index (χ1v) is 8.41. The molecule has 3 nitrogen and oxygen atoms in total.